The van der Waals surface area contributed by atoms with Gasteiger partial charge in [-0.15, -0.1) is 0 Å². The number of nitrogens with one attached hydrogen (secondary N) is 1. The van der Waals surface area contributed by atoms with E-state index in [1.54, 1.807) is 0 Å². The fraction of sp³-hybridized carbons (Fsp3) is 0.903. The maximum absolute atomic E-state index is 13.3. The van der Waals surface area contributed by atoms with Crippen molar-refractivity contribution in [3.05, 3.63) is 24.3 Å². The number of hydrogen-bond donors (Lipinski definition) is 3. The number of aliphatic hydroxyl groups is 2. The Balaban J connectivity index is 4.54. The van der Waals surface area contributed by atoms with Crippen LogP contribution in [0.4, 0.5) is 0 Å². The number of hydrogen-bond acceptors (Lipinski definition) is 5. The molecule has 6 heteroatoms. The maximum Gasteiger partial charge on any atom is 0.306 e. The van der Waals surface area contributed by atoms with Crippen LogP contribution >= 0.6 is 0 Å². The maximum atomic E-state index is 13.3. The lowest BCUT2D eigenvalue weighted by molar-refractivity contribution is -0.151. The first-order valence-electron chi connectivity index (χ1n) is 30.6. The zero-order valence-corrected chi connectivity index (χ0v) is 46.0. The zero-order chi connectivity index (χ0) is 49.5. The minimum absolute atomic E-state index is 0.0660. The first-order valence-corrected chi connectivity index (χ1v) is 30.6. The van der Waals surface area contributed by atoms with Crippen LogP contribution in [-0.4, -0.2) is 46.9 Å². The SMILES string of the molecule is CCCCCCCCC/C=C/C=C/CCCCCC(CC(=O)NC(CO)C(O)CCCCCCCCCCCCCCCCC)OC(=O)CCCCCCCCCCCCCCCCCCCC. The Morgan fingerprint density at radius 1 is 0.426 bits per heavy atom. The van der Waals surface area contributed by atoms with Crippen LogP contribution in [0.3, 0.4) is 0 Å². The molecule has 68 heavy (non-hydrogen) atoms. The Kier molecular flexibility index (Phi) is 54.9. The molecule has 0 aliphatic carbocycles. The van der Waals surface area contributed by atoms with Crippen LogP contribution < -0.4 is 5.32 Å². The molecule has 0 aromatic heterocycles. The van der Waals surface area contributed by atoms with E-state index in [9.17, 15) is 19.8 Å². The Morgan fingerprint density at radius 2 is 0.735 bits per heavy atom. The van der Waals surface area contributed by atoms with Crippen molar-refractivity contribution < 1.29 is 24.5 Å². The molecule has 0 heterocycles. The number of unbranched alkanes of at least 4 members (excludes halogenated alkanes) is 41. The molecule has 402 valence electrons. The first kappa shape index (κ1) is 66.3. The van der Waals surface area contributed by atoms with Gasteiger partial charge in [0.1, 0.15) is 6.10 Å². The summed E-state index contributed by atoms with van der Waals surface area (Å²) in [6.07, 6.45) is 66.8. The smallest absolute Gasteiger partial charge is 0.306 e. The lowest BCUT2D eigenvalue weighted by atomic mass is 10.0. The number of carbonyl (C=O) groups is 2. The minimum atomic E-state index is -0.792. The fourth-order valence-electron chi connectivity index (χ4n) is 9.66. The van der Waals surface area contributed by atoms with Crippen molar-refractivity contribution in [1.82, 2.24) is 5.32 Å². The average molecular weight is 959 g/mol. The van der Waals surface area contributed by atoms with Gasteiger partial charge in [0.15, 0.2) is 0 Å². The summed E-state index contributed by atoms with van der Waals surface area (Å²) < 4.78 is 5.97. The van der Waals surface area contributed by atoms with Gasteiger partial charge < -0.3 is 20.3 Å². The molecule has 0 aliphatic heterocycles. The highest BCUT2D eigenvalue weighted by Crippen LogP contribution is 2.19. The lowest BCUT2D eigenvalue weighted by Crippen LogP contribution is -2.46. The van der Waals surface area contributed by atoms with Crippen LogP contribution in [0, 0.1) is 0 Å². The molecule has 0 aromatic carbocycles. The van der Waals surface area contributed by atoms with Gasteiger partial charge in [0.2, 0.25) is 5.91 Å². The number of ether oxygens (including phenoxy) is 1. The van der Waals surface area contributed by atoms with E-state index in [1.807, 2.05) is 0 Å². The predicted molar refractivity (Wildman–Crippen MR) is 296 cm³/mol. The predicted octanol–water partition coefficient (Wildman–Crippen LogP) is 19.0. The standard InChI is InChI=1S/C62H119NO5/c1-4-7-10-13-16-19-22-25-28-30-31-34-37-40-43-46-49-52-55-62(67)68-58(53-50-47-44-41-38-35-33-29-26-23-20-17-14-11-8-5-2)56-61(66)63-59(57-64)60(65)54-51-48-45-42-39-36-32-27-24-21-18-15-12-9-6-3/h29,33,35,38,58-60,64-65H,4-28,30-32,34,36-37,39-57H2,1-3H3,(H,63,66)/b33-29+,38-35+. The Labute approximate surface area is 424 Å². The van der Waals surface area contributed by atoms with Gasteiger partial charge in [-0.3, -0.25) is 9.59 Å². The first-order chi connectivity index (χ1) is 33.5. The zero-order valence-electron chi connectivity index (χ0n) is 46.0. The van der Waals surface area contributed by atoms with Gasteiger partial charge >= 0.3 is 5.97 Å². The molecule has 0 aromatic rings. The molecule has 0 saturated carbocycles. The van der Waals surface area contributed by atoms with Gasteiger partial charge in [0.25, 0.3) is 0 Å². The highest BCUT2D eigenvalue weighted by Gasteiger charge is 2.24. The van der Waals surface area contributed by atoms with Gasteiger partial charge in [-0.25, -0.2) is 0 Å². The molecule has 3 unspecified atom stereocenters. The summed E-state index contributed by atoms with van der Waals surface area (Å²) in [5, 5.41) is 23.9. The van der Waals surface area contributed by atoms with E-state index in [1.165, 1.54) is 225 Å². The molecule has 0 rings (SSSR count). The van der Waals surface area contributed by atoms with Gasteiger partial charge in [-0.1, -0.05) is 295 Å². The molecule has 6 nitrogen and oxygen atoms in total. The van der Waals surface area contributed by atoms with Crippen molar-refractivity contribution >= 4 is 11.9 Å². The summed E-state index contributed by atoms with van der Waals surface area (Å²) >= 11 is 0. The van der Waals surface area contributed by atoms with Crippen molar-refractivity contribution in [3.63, 3.8) is 0 Å². The summed E-state index contributed by atoms with van der Waals surface area (Å²) in [4.78, 5) is 26.3. The summed E-state index contributed by atoms with van der Waals surface area (Å²) in [6, 6.07) is -0.707. The van der Waals surface area contributed by atoms with Crippen LogP contribution in [0.5, 0.6) is 0 Å². The quantitative estimate of drug-likeness (QED) is 0.0321. The summed E-state index contributed by atoms with van der Waals surface area (Å²) in [7, 11) is 0. The van der Waals surface area contributed by atoms with E-state index in [0.29, 0.717) is 19.3 Å². The van der Waals surface area contributed by atoms with Crippen LogP contribution in [0.2, 0.25) is 0 Å². The van der Waals surface area contributed by atoms with Crippen LogP contribution in [-0.2, 0) is 14.3 Å². The van der Waals surface area contributed by atoms with Crippen molar-refractivity contribution in [3.8, 4) is 0 Å². The third kappa shape index (κ3) is 50.7. The van der Waals surface area contributed by atoms with Gasteiger partial charge in [-0.2, -0.15) is 0 Å². The molecule has 1 amide bonds. The number of esters is 1. The highest BCUT2D eigenvalue weighted by molar-refractivity contribution is 5.77. The third-order valence-corrected chi connectivity index (χ3v) is 14.3. The van der Waals surface area contributed by atoms with E-state index < -0.39 is 18.2 Å². The van der Waals surface area contributed by atoms with E-state index in [2.05, 4.69) is 50.4 Å². The lowest BCUT2D eigenvalue weighted by Gasteiger charge is -2.24. The number of carbonyl (C=O) groups excluding carboxylic acids is 2. The topological polar surface area (TPSA) is 95.9 Å². The van der Waals surface area contributed by atoms with E-state index >= 15 is 0 Å². The molecule has 0 radical (unpaired) electrons. The monoisotopic (exact) mass is 958 g/mol. The molecule has 0 saturated heterocycles. The Morgan fingerprint density at radius 3 is 1.10 bits per heavy atom. The van der Waals surface area contributed by atoms with Crippen molar-refractivity contribution in [2.24, 2.45) is 0 Å². The summed E-state index contributed by atoms with van der Waals surface area (Å²) in [5.74, 6) is -0.478. The van der Waals surface area contributed by atoms with Crippen molar-refractivity contribution in [1.29, 1.82) is 0 Å². The van der Waals surface area contributed by atoms with E-state index in [-0.39, 0.29) is 24.9 Å². The van der Waals surface area contributed by atoms with Gasteiger partial charge in [-0.05, 0) is 51.4 Å². The van der Waals surface area contributed by atoms with E-state index in [0.717, 1.165) is 64.2 Å². The molecule has 0 spiro atoms. The van der Waals surface area contributed by atoms with Gasteiger partial charge in [0.05, 0.1) is 25.2 Å². The second-order valence-corrected chi connectivity index (χ2v) is 21.1. The molecular weight excluding hydrogens is 839 g/mol. The average Bonchev–Trinajstić information content (AvgIpc) is 3.33. The number of allylic oxidation sites excluding steroid dienone is 4. The normalized spacial score (nSPS) is 13.2. The Bertz CT molecular complexity index is 1080. The largest absolute Gasteiger partial charge is 0.462 e. The molecule has 3 N–H and O–H groups in total. The van der Waals surface area contributed by atoms with Crippen LogP contribution in [0.1, 0.15) is 335 Å². The van der Waals surface area contributed by atoms with Crippen molar-refractivity contribution in [2.75, 3.05) is 6.61 Å². The van der Waals surface area contributed by atoms with E-state index in [4.69, 9.17) is 4.74 Å². The summed E-state index contributed by atoms with van der Waals surface area (Å²) in [5.41, 5.74) is 0. The third-order valence-electron chi connectivity index (χ3n) is 14.3. The molecule has 3 atom stereocenters. The summed E-state index contributed by atoms with van der Waals surface area (Å²) in [6.45, 7) is 6.52. The van der Waals surface area contributed by atoms with Crippen LogP contribution in [0.25, 0.3) is 0 Å². The fourth-order valence-corrected chi connectivity index (χ4v) is 9.66. The second kappa shape index (κ2) is 56.3. The Hall–Kier alpha value is -1.66. The second-order valence-electron chi connectivity index (χ2n) is 21.1. The van der Waals surface area contributed by atoms with Gasteiger partial charge in [0, 0.05) is 6.42 Å². The molecular formula is C62H119NO5. The number of rotatable bonds is 56. The molecule has 0 bridgehead atoms. The number of aliphatic hydroxyl groups excluding tert-OH is 2. The molecule has 0 fully saturated rings. The minimum Gasteiger partial charge on any atom is -0.462 e. The van der Waals surface area contributed by atoms with Crippen LogP contribution in [0.15, 0.2) is 24.3 Å². The highest BCUT2D eigenvalue weighted by atomic mass is 16.5. The van der Waals surface area contributed by atoms with Crippen molar-refractivity contribution in [2.45, 2.75) is 354 Å². The number of amides is 1. The molecule has 0 aliphatic rings.